The molecule has 3 aliphatic rings. The van der Waals surface area contributed by atoms with Gasteiger partial charge in [0.05, 0.1) is 6.10 Å². The van der Waals surface area contributed by atoms with Crippen LogP contribution in [0.4, 0.5) is 10.5 Å². The minimum absolute atomic E-state index is 0. The predicted molar refractivity (Wildman–Crippen MR) is 134 cm³/mol. The van der Waals surface area contributed by atoms with E-state index in [-0.39, 0.29) is 30.5 Å². The van der Waals surface area contributed by atoms with Crippen molar-refractivity contribution in [3.8, 4) is 0 Å². The Kier molecular flexibility index (Phi) is 9.05. The standard InChI is InChI=1S/C26H39N3O3.ClH/c1-19(2)32-25(30)11-6-20-4-8-23(9-5-20)28-16-17-29(26(28)31)24-10-7-21-12-14-27(3)15-13-22(21)18-24;/h7,10,18-20,23H,4-6,8-9,11-17H2,1-3H3;1H/t20-,23-;. The average Bonchev–Trinajstić information content (AvgIpc) is 3.05. The number of carbonyl (C=O) groups is 2. The normalized spacial score (nSPS) is 23.8. The number of urea groups is 1. The van der Waals surface area contributed by atoms with Gasteiger partial charge in [0.2, 0.25) is 0 Å². The monoisotopic (exact) mass is 477 g/mol. The molecule has 0 N–H and O–H groups in total. The highest BCUT2D eigenvalue weighted by Crippen LogP contribution is 2.33. The summed E-state index contributed by atoms with van der Waals surface area (Å²) in [4.78, 5) is 31.6. The van der Waals surface area contributed by atoms with Crippen LogP contribution in [0.1, 0.15) is 63.5 Å². The molecule has 184 valence electrons. The summed E-state index contributed by atoms with van der Waals surface area (Å²) >= 11 is 0. The molecule has 0 atom stereocenters. The highest BCUT2D eigenvalue weighted by Gasteiger charge is 2.36. The van der Waals surface area contributed by atoms with Crippen LogP contribution in [-0.2, 0) is 22.4 Å². The SMILES string of the molecule is CC(C)OC(=O)CC[C@H]1CC[C@H](N2CCN(c3ccc4c(c3)CCN(C)CC4)C2=O)CC1.Cl. The van der Waals surface area contributed by atoms with Gasteiger partial charge in [-0.3, -0.25) is 9.69 Å². The van der Waals surface area contributed by atoms with Crippen LogP contribution in [-0.4, -0.2) is 67.2 Å². The van der Waals surface area contributed by atoms with Crippen LogP contribution in [0, 0.1) is 5.92 Å². The molecule has 0 radical (unpaired) electrons. The molecule has 2 aliphatic heterocycles. The summed E-state index contributed by atoms with van der Waals surface area (Å²) in [6.07, 6.45) is 7.79. The first kappa shape index (κ1) is 25.8. The number of hydrogen-bond donors (Lipinski definition) is 0. The lowest BCUT2D eigenvalue weighted by Crippen LogP contribution is -2.41. The minimum atomic E-state index is -0.0834. The second kappa shape index (κ2) is 11.6. The Hall–Kier alpha value is -1.79. The molecule has 1 saturated carbocycles. The number of anilines is 1. The Labute approximate surface area is 205 Å². The molecular formula is C26H40ClN3O3. The summed E-state index contributed by atoms with van der Waals surface area (Å²) < 4.78 is 5.26. The van der Waals surface area contributed by atoms with Gasteiger partial charge in [-0.15, -0.1) is 12.4 Å². The third-order valence-corrected chi connectivity index (χ3v) is 7.45. The lowest BCUT2D eigenvalue weighted by molar-refractivity contribution is -0.147. The Morgan fingerprint density at radius 3 is 2.42 bits per heavy atom. The Morgan fingerprint density at radius 1 is 1.03 bits per heavy atom. The second-order valence-corrected chi connectivity index (χ2v) is 10.1. The van der Waals surface area contributed by atoms with E-state index in [0.717, 1.165) is 76.8 Å². The Morgan fingerprint density at radius 2 is 1.73 bits per heavy atom. The maximum atomic E-state index is 13.3. The van der Waals surface area contributed by atoms with Crippen LogP contribution in [0.5, 0.6) is 0 Å². The molecule has 4 rings (SSSR count). The molecule has 33 heavy (non-hydrogen) atoms. The van der Waals surface area contributed by atoms with E-state index in [1.165, 1.54) is 11.1 Å². The van der Waals surface area contributed by atoms with Crippen molar-refractivity contribution in [2.45, 2.75) is 77.4 Å². The summed E-state index contributed by atoms with van der Waals surface area (Å²) in [5, 5.41) is 0. The summed E-state index contributed by atoms with van der Waals surface area (Å²) in [6.45, 7) is 7.56. The summed E-state index contributed by atoms with van der Waals surface area (Å²) in [5.41, 5.74) is 3.88. The third-order valence-electron chi connectivity index (χ3n) is 7.45. The van der Waals surface area contributed by atoms with Gasteiger partial charge in [-0.25, -0.2) is 4.79 Å². The number of esters is 1. The number of hydrogen-bond acceptors (Lipinski definition) is 4. The number of carbonyl (C=O) groups excluding carboxylic acids is 2. The molecule has 1 saturated heterocycles. The van der Waals surface area contributed by atoms with Crippen molar-refractivity contribution in [3.05, 3.63) is 29.3 Å². The molecule has 0 aromatic heterocycles. The lowest BCUT2D eigenvalue weighted by atomic mass is 9.83. The number of amides is 2. The van der Waals surface area contributed by atoms with Crippen molar-refractivity contribution in [1.82, 2.24) is 9.80 Å². The van der Waals surface area contributed by atoms with Gasteiger partial charge in [-0.2, -0.15) is 0 Å². The molecule has 1 aromatic carbocycles. The fraction of sp³-hybridized carbons (Fsp3) is 0.692. The van der Waals surface area contributed by atoms with Gasteiger partial charge in [-0.05, 0) is 95.0 Å². The quantitative estimate of drug-likeness (QED) is 0.558. The van der Waals surface area contributed by atoms with Gasteiger partial charge in [0.15, 0.2) is 0 Å². The van der Waals surface area contributed by atoms with Gasteiger partial charge in [-0.1, -0.05) is 6.07 Å². The topological polar surface area (TPSA) is 53.1 Å². The molecule has 0 bridgehead atoms. The number of likely N-dealkylation sites (N-methyl/N-ethyl adjacent to an activating group) is 1. The van der Waals surface area contributed by atoms with Crippen molar-refractivity contribution in [2.75, 3.05) is 38.1 Å². The Balaban J connectivity index is 0.00000306. The first-order valence-electron chi connectivity index (χ1n) is 12.5. The van der Waals surface area contributed by atoms with E-state index >= 15 is 0 Å². The molecule has 6 nitrogen and oxygen atoms in total. The number of fused-ring (bicyclic) bond motifs is 1. The zero-order valence-electron chi connectivity index (χ0n) is 20.4. The number of halogens is 1. The smallest absolute Gasteiger partial charge is 0.324 e. The van der Waals surface area contributed by atoms with Crippen molar-refractivity contribution in [1.29, 1.82) is 0 Å². The number of nitrogens with zero attached hydrogens (tertiary/aromatic N) is 3. The van der Waals surface area contributed by atoms with Crippen molar-refractivity contribution < 1.29 is 14.3 Å². The summed E-state index contributed by atoms with van der Waals surface area (Å²) in [7, 11) is 2.18. The van der Waals surface area contributed by atoms with Gasteiger partial charge in [0.25, 0.3) is 0 Å². The molecule has 1 aromatic rings. The van der Waals surface area contributed by atoms with Crippen LogP contribution in [0.25, 0.3) is 0 Å². The van der Waals surface area contributed by atoms with Gasteiger partial charge >= 0.3 is 12.0 Å². The van der Waals surface area contributed by atoms with Crippen molar-refractivity contribution in [2.24, 2.45) is 5.92 Å². The van der Waals surface area contributed by atoms with Crippen LogP contribution in [0.15, 0.2) is 18.2 Å². The third kappa shape index (κ3) is 6.42. The van der Waals surface area contributed by atoms with E-state index in [1.807, 2.05) is 18.7 Å². The van der Waals surface area contributed by atoms with E-state index < -0.39 is 0 Å². The Bertz CT molecular complexity index is 823. The molecular weight excluding hydrogens is 438 g/mol. The van der Waals surface area contributed by atoms with E-state index in [1.54, 1.807) is 0 Å². The molecule has 2 fully saturated rings. The molecule has 1 aliphatic carbocycles. The zero-order valence-corrected chi connectivity index (χ0v) is 21.2. The van der Waals surface area contributed by atoms with E-state index in [4.69, 9.17) is 4.74 Å². The van der Waals surface area contributed by atoms with Crippen LogP contribution in [0.2, 0.25) is 0 Å². The summed E-state index contributed by atoms with van der Waals surface area (Å²) in [6, 6.07) is 7.12. The average molecular weight is 478 g/mol. The highest BCUT2D eigenvalue weighted by molar-refractivity contribution is 5.94. The van der Waals surface area contributed by atoms with Crippen LogP contribution < -0.4 is 4.90 Å². The lowest BCUT2D eigenvalue weighted by Gasteiger charge is -2.34. The largest absolute Gasteiger partial charge is 0.463 e. The predicted octanol–water partition coefficient (Wildman–Crippen LogP) is 4.67. The second-order valence-electron chi connectivity index (χ2n) is 10.1. The zero-order chi connectivity index (χ0) is 22.7. The molecule has 2 heterocycles. The van der Waals surface area contributed by atoms with Crippen molar-refractivity contribution in [3.63, 3.8) is 0 Å². The van der Waals surface area contributed by atoms with E-state index in [9.17, 15) is 9.59 Å². The number of benzene rings is 1. The fourth-order valence-electron chi connectivity index (χ4n) is 5.51. The maximum absolute atomic E-state index is 13.3. The van der Waals surface area contributed by atoms with Crippen molar-refractivity contribution >= 4 is 30.1 Å². The fourth-order valence-corrected chi connectivity index (χ4v) is 5.51. The van der Waals surface area contributed by atoms with Gasteiger partial charge in [0, 0.05) is 44.3 Å². The maximum Gasteiger partial charge on any atom is 0.324 e. The molecule has 0 spiro atoms. The first-order chi connectivity index (χ1) is 15.4. The van der Waals surface area contributed by atoms with Gasteiger partial charge in [0.1, 0.15) is 0 Å². The number of ether oxygens (including phenoxy) is 1. The minimum Gasteiger partial charge on any atom is -0.463 e. The summed E-state index contributed by atoms with van der Waals surface area (Å²) in [5.74, 6) is 0.488. The number of rotatable bonds is 6. The molecule has 7 heteroatoms. The highest BCUT2D eigenvalue weighted by atomic mass is 35.5. The van der Waals surface area contributed by atoms with E-state index in [2.05, 4.69) is 35.0 Å². The van der Waals surface area contributed by atoms with Crippen LogP contribution >= 0.6 is 12.4 Å². The molecule has 2 amide bonds. The molecule has 0 unspecified atom stereocenters. The van der Waals surface area contributed by atoms with E-state index in [0.29, 0.717) is 18.4 Å². The first-order valence-corrected chi connectivity index (χ1v) is 12.5. The van der Waals surface area contributed by atoms with Gasteiger partial charge < -0.3 is 14.5 Å². The van der Waals surface area contributed by atoms with Crippen LogP contribution in [0.3, 0.4) is 0 Å².